The Kier molecular flexibility index (Phi) is 11.7. The zero-order valence-corrected chi connectivity index (χ0v) is 28.6. The summed E-state index contributed by atoms with van der Waals surface area (Å²) in [5, 5.41) is 4.73. The van der Waals surface area contributed by atoms with Crippen molar-refractivity contribution in [2.45, 2.75) is 77.1 Å². The lowest BCUT2D eigenvalue weighted by atomic mass is 9.89. The highest BCUT2D eigenvalue weighted by Gasteiger charge is 2.42. The number of primary amides is 1. The minimum Gasteiger partial charge on any atom is -0.444 e. The Labute approximate surface area is 276 Å². The minimum atomic E-state index is -1.49. The van der Waals surface area contributed by atoms with E-state index in [1.807, 2.05) is 42.5 Å². The molecule has 0 unspecified atom stereocenters. The van der Waals surface area contributed by atoms with Gasteiger partial charge in [0.2, 0.25) is 17.7 Å². The molecule has 0 spiro atoms. The Balaban J connectivity index is 1.84. The third-order valence-corrected chi connectivity index (χ3v) is 7.98. The van der Waals surface area contributed by atoms with Crippen LogP contribution in [0.15, 0.2) is 66.7 Å². The van der Waals surface area contributed by atoms with Gasteiger partial charge in [-0.1, -0.05) is 54.6 Å². The zero-order valence-electron chi connectivity index (χ0n) is 28.6. The molecule has 0 saturated carbocycles. The maximum atomic E-state index is 14.3. The molecular weight excluding hydrogens is 603 g/mol. The molecule has 47 heavy (non-hydrogen) atoms. The molecule has 0 heterocycles. The summed E-state index contributed by atoms with van der Waals surface area (Å²) in [5.41, 5.74) is 4.26. The summed E-state index contributed by atoms with van der Waals surface area (Å²) < 4.78 is 24.6. The second-order valence-electron chi connectivity index (χ2n) is 13.7. The van der Waals surface area contributed by atoms with Gasteiger partial charge in [-0.15, -0.1) is 0 Å². The summed E-state index contributed by atoms with van der Waals surface area (Å²) in [7, 11) is 2.98. The standard InChI is InChI=1S/C36H47FN4O6/c1-34(2,3)47-33(45)39-35(4,5)23-46-22-30(42)40(7)29(20-25-13-16-26-11-9-10-12-27(26)19-25)31(43)41(8)36(6,32(38)44)21-24-14-17-28(37)18-15-24/h9-19,29H,20-23H2,1-8H3,(H2,38,44)(H,39,45)/t29-,36-/m1/s1. The fraction of sp³-hybridized carbons (Fsp3) is 0.444. The van der Waals surface area contributed by atoms with Gasteiger partial charge in [0.25, 0.3) is 0 Å². The average molecular weight is 651 g/mol. The predicted molar refractivity (Wildman–Crippen MR) is 179 cm³/mol. The highest BCUT2D eigenvalue weighted by atomic mass is 19.1. The van der Waals surface area contributed by atoms with E-state index in [1.54, 1.807) is 41.5 Å². The Morgan fingerprint density at radius 3 is 2.06 bits per heavy atom. The molecule has 0 aliphatic carbocycles. The van der Waals surface area contributed by atoms with E-state index in [1.165, 1.54) is 48.2 Å². The smallest absolute Gasteiger partial charge is 0.408 e. The average Bonchev–Trinajstić information content (AvgIpc) is 2.98. The van der Waals surface area contributed by atoms with Gasteiger partial charge in [0.05, 0.1) is 12.1 Å². The van der Waals surface area contributed by atoms with E-state index in [4.69, 9.17) is 15.2 Å². The van der Waals surface area contributed by atoms with Crippen molar-refractivity contribution in [2.24, 2.45) is 5.73 Å². The van der Waals surface area contributed by atoms with Gasteiger partial charge in [-0.3, -0.25) is 14.4 Å². The van der Waals surface area contributed by atoms with Gasteiger partial charge in [0.1, 0.15) is 29.6 Å². The number of benzene rings is 3. The van der Waals surface area contributed by atoms with Crippen molar-refractivity contribution in [1.29, 1.82) is 0 Å². The van der Waals surface area contributed by atoms with Crippen LogP contribution in [0.3, 0.4) is 0 Å². The Morgan fingerprint density at radius 2 is 1.47 bits per heavy atom. The molecule has 3 aromatic rings. The van der Waals surface area contributed by atoms with Crippen LogP contribution in [-0.2, 0) is 36.7 Å². The Morgan fingerprint density at radius 1 is 0.872 bits per heavy atom. The molecule has 3 aromatic carbocycles. The van der Waals surface area contributed by atoms with Gasteiger partial charge in [-0.05, 0) is 75.6 Å². The highest BCUT2D eigenvalue weighted by molar-refractivity contribution is 5.94. The molecule has 10 nitrogen and oxygen atoms in total. The van der Waals surface area contributed by atoms with Crippen molar-refractivity contribution in [3.63, 3.8) is 0 Å². The van der Waals surface area contributed by atoms with Crippen molar-refractivity contribution in [2.75, 3.05) is 27.3 Å². The third kappa shape index (κ3) is 10.2. The maximum Gasteiger partial charge on any atom is 0.408 e. The van der Waals surface area contributed by atoms with Crippen molar-refractivity contribution in [3.05, 3.63) is 83.7 Å². The lowest BCUT2D eigenvalue weighted by Crippen LogP contribution is -2.62. The van der Waals surface area contributed by atoms with Gasteiger partial charge in [-0.25, -0.2) is 9.18 Å². The fourth-order valence-electron chi connectivity index (χ4n) is 5.10. The van der Waals surface area contributed by atoms with Crippen LogP contribution in [0, 0.1) is 5.82 Å². The van der Waals surface area contributed by atoms with E-state index < -0.39 is 52.4 Å². The van der Waals surface area contributed by atoms with Crippen LogP contribution < -0.4 is 11.1 Å². The number of fused-ring (bicyclic) bond motifs is 1. The summed E-state index contributed by atoms with van der Waals surface area (Å²) in [5.74, 6) is -2.17. The number of rotatable bonds is 13. The van der Waals surface area contributed by atoms with Crippen LogP contribution in [0.5, 0.6) is 0 Å². The van der Waals surface area contributed by atoms with Gasteiger partial charge in [0.15, 0.2) is 0 Å². The lowest BCUT2D eigenvalue weighted by molar-refractivity contribution is -0.152. The fourth-order valence-corrected chi connectivity index (χ4v) is 5.10. The molecule has 0 fully saturated rings. The summed E-state index contributed by atoms with van der Waals surface area (Å²) in [6, 6.07) is 18.2. The van der Waals surface area contributed by atoms with Crippen LogP contribution >= 0.6 is 0 Å². The first-order valence-corrected chi connectivity index (χ1v) is 15.5. The molecule has 0 radical (unpaired) electrons. The van der Waals surface area contributed by atoms with Crippen molar-refractivity contribution in [1.82, 2.24) is 15.1 Å². The van der Waals surface area contributed by atoms with Gasteiger partial charge >= 0.3 is 6.09 Å². The maximum absolute atomic E-state index is 14.3. The van der Waals surface area contributed by atoms with E-state index in [9.17, 15) is 23.6 Å². The molecule has 3 N–H and O–H groups in total. The molecule has 3 rings (SSSR count). The highest BCUT2D eigenvalue weighted by Crippen LogP contribution is 2.24. The number of nitrogens with two attached hydrogens (primary N) is 1. The van der Waals surface area contributed by atoms with E-state index in [2.05, 4.69) is 5.32 Å². The Hall–Kier alpha value is -4.51. The van der Waals surface area contributed by atoms with Crippen molar-refractivity contribution < 1.29 is 33.0 Å². The first-order chi connectivity index (χ1) is 21.8. The first-order valence-electron chi connectivity index (χ1n) is 15.5. The number of carbonyl (C=O) groups is 4. The van der Waals surface area contributed by atoms with Gasteiger partial charge < -0.3 is 30.3 Å². The second kappa shape index (κ2) is 14.9. The predicted octanol–water partition coefficient (Wildman–Crippen LogP) is 4.61. The number of nitrogens with zero attached hydrogens (tertiary/aromatic N) is 2. The lowest BCUT2D eigenvalue weighted by Gasteiger charge is -2.40. The quantitative estimate of drug-likeness (QED) is 0.278. The summed E-state index contributed by atoms with van der Waals surface area (Å²) in [6.45, 7) is 9.91. The summed E-state index contributed by atoms with van der Waals surface area (Å²) in [6.07, 6.45) is -0.432. The zero-order chi connectivity index (χ0) is 35.2. The monoisotopic (exact) mass is 650 g/mol. The molecular formula is C36H47FN4O6. The number of alkyl carbamates (subject to hydrolysis) is 1. The molecule has 254 valence electrons. The number of hydrogen-bond acceptors (Lipinski definition) is 6. The molecule has 0 aromatic heterocycles. The number of carbonyl (C=O) groups excluding carboxylic acids is 4. The molecule has 11 heteroatoms. The third-order valence-electron chi connectivity index (χ3n) is 7.98. The number of ether oxygens (including phenoxy) is 2. The van der Waals surface area contributed by atoms with Gasteiger partial charge in [-0.2, -0.15) is 0 Å². The van der Waals surface area contributed by atoms with Crippen LogP contribution in [-0.4, -0.2) is 83.6 Å². The topological polar surface area (TPSA) is 131 Å². The SMILES string of the molecule is CN(C(=O)COCC(C)(C)NC(=O)OC(C)(C)C)[C@H](Cc1ccc2ccccc2c1)C(=O)N(C)[C@](C)(Cc1ccc(F)cc1)C(N)=O. The van der Waals surface area contributed by atoms with E-state index >= 15 is 0 Å². The van der Waals surface area contributed by atoms with Crippen LogP contribution in [0.1, 0.15) is 52.7 Å². The normalized spacial score (nSPS) is 13.7. The molecule has 2 atom stereocenters. The number of nitrogens with one attached hydrogen (secondary N) is 1. The molecule has 0 bridgehead atoms. The first kappa shape index (κ1) is 37.0. The van der Waals surface area contributed by atoms with Crippen LogP contribution in [0.25, 0.3) is 10.8 Å². The molecule has 0 aliphatic heterocycles. The Bertz CT molecular complexity index is 1590. The molecule has 0 aliphatic rings. The molecule has 4 amide bonds. The van der Waals surface area contributed by atoms with Crippen molar-refractivity contribution in [3.8, 4) is 0 Å². The minimum absolute atomic E-state index is 0.00751. The van der Waals surface area contributed by atoms with Crippen LogP contribution in [0.2, 0.25) is 0 Å². The van der Waals surface area contributed by atoms with Crippen LogP contribution in [0.4, 0.5) is 9.18 Å². The summed E-state index contributed by atoms with van der Waals surface area (Å²) in [4.78, 5) is 55.5. The number of halogens is 1. The van der Waals surface area contributed by atoms with Gasteiger partial charge in [0, 0.05) is 26.9 Å². The largest absolute Gasteiger partial charge is 0.444 e. The number of amides is 4. The van der Waals surface area contributed by atoms with E-state index in [-0.39, 0.29) is 26.1 Å². The summed E-state index contributed by atoms with van der Waals surface area (Å²) >= 11 is 0. The number of hydrogen-bond donors (Lipinski definition) is 2. The molecule has 0 saturated heterocycles. The second-order valence-corrected chi connectivity index (χ2v) is 13.7. The van der Waals surface area contributed by atoms with Crippen molar-refractivity contribution >= 4 is 34.6 Å². The number of likely N-dealkylation sites (N-methyl/N-ethyl adjacent to an activating group) is 2. The van der Waals surface area contributed by atoms with E-state index in [0.717, 1.165) is 16.3 Å². The van der Waals surface area contributed by atoms with E-state index in [0.29, 0.717) is 5.56 Å².